The van der Waals surface area contributed by atoms with Crippen molar-refractivity contribution in [2.75, 3.05) is 6.54 Å². The molecule has 0 aliphatic heterocycles. The first-order valence-corrected chi connectivity index (χ1v) is 4.98. The molecule has 0 heterocycles. The molecule has 0 spiro atoms. The fourth-order valence-corrected chi connectivity index (χ4v) is 1.20. The first-order chi connectivity index (χ1) is 7.41. The molecule has 0 saturated heterocycles. The minimum absolute atomic E-state index is 0.183. The van der Waals surface area contributed by atoms with E-state index in [0.717, 1.165) is 12.1 Å². The van der Waals surface area contributed by atoms with Crippen LogP contribution in [0.5, 0.6) is 0 Å². The van der Waals surface area contributed by atoms with Crippen LogP contribution in [0.4, 0.5) is 8.78 Å². The maximum Gasteiger partial charge on any atom is 0.254 e. The molecule has 1 aromatic carbocycles. The molecule has 0 aromatic heterocycles. The highest BCUT2D eigenvalue weighted by molar-refractivity contribution is 6.30. The van der Waals surface area contributed by atoms with Crippen LogP contribution in [-0.4, -0.2) is 18.5 Å². The van der Waals surface area contributed by atoms with E-state index < -0.39 is 17.5 Å². The van der Waals surface area contributed by atoms with Crippen molar-refractivity contribution in [3.63, 3.8) is 0 Å². The molecule has 6 heteroatoms. The van der Waals surface area contributed by atoms with E-state index in [9.17, 15) is 13.6 Å². The number of rotatable bonds is 3. The van der Waals surface area contributed by atoms with Crippen molar-refractivity contribution in [3.8, 4) is 0 Å². The molecule has 0 fully saturated rings. The van der Waals surface area contributed by atoms with Gasteiger partial charge in [0.25, 0.3) is 5.91 Å². The Bertz CT molecular complexity index is 410. The Labute approximate surface area is 96.6 Å². The molecule has 0 aliphatic rings. The summed E-state index contributed by atoms with van der Waals surface area (Å²) < 4.78 is 26.3. The van der Waals surface area contributed by atoms with Crippen molar-refractivity contribution >= 4 is 17.5 Å². The zero-order chi connectivity index (χ0) is 12.3. The van der Waals surface area contributed by atoms with E-state index in [1.807, 2.05) is 0 Å². The molecule has 88 valence electrons. The molecule has 1 rings (SSSR count). The fraction of sp³-hybridized carbons (Fsp3) is 0.300. The fourth-order valence-electron chi connectivity index (χ4n) is 1.05. The number of carbonyl (C=O) groups excluding carboxylic acids is 1. The number of nitrogens with one attached hydrogen (secondary N) is 1. The summed E-state index contributed by atoms with van der Waals surface area (Å²) in [5.74, 6) is -2.42. The average Bonchev–Trinajstić information content (AvgIpc) is 2.20. The number of carbonyl (C=O) groups is 1. The Morgan fingerprint density at radius 2 is 2.12 bits per heavy atom. The molecule has 0 saturated carbocycles. The lowest BCUT2D eigenvalue weighted by Crippen LogP contribution is -2.35. The average molecular weight is 249 g/mol. The van der Waals surface area contributed by atoms with E-state index in [4.69, 9.17) is 17.3 Å². The first kappa shape index (κ1) is 12.9. The van der Waals surface area contributed by atoms with Crippen LogP contribution in [-0.2, 0) is 0 Å². The molecule has 3 nitrogen and oxygen atoms in total. The van der Waals surface area contributed by atoms with E-state index >= 15 is 0 Å². The van der Waals surface area contributed by atoms with Gasteiger partial charge in [0.15, 0.2) is 0 Å². The van der Waals surface area contributed by atoms with Gasteiger partial charge in [0.1, 0.15) is 11.6 Å². The van der Waals surface area contributed by atoms with Gasteiger partial charge in [0.05, 0.1) is 10.6 Å². The zero-order valence-corrected chi connectivity index (χ0v) is 9.31. The van der Waals surface area contributed by atoms with Gasteiger partial charge in [-0.1, -0.05) is 11.6 Å². The van der Waals surface area contributed by atoms with Gasteiger partial charge in [0, 0.05) is 12.6 Å². The van der Waals surface area contributed by atoms with E-state index in [2.05, 4.69) is 5.32 Å². The van der Waals surface area contributed by atoms with E-state index in [1.165, 1.54) is 0 Å². The Hall–Kier alpha value is -1.20. The van der Waals surface area contributed by atoms with Crippen LogP contribution < -0.4 is 11.1 Å². The number of amides is 1. The Morgan fingerprint density at radius 1 is 1.50 bits per heavy atom. The maximum absolute atomic E-state index is 13.3. The summed E-state index contributed by atoms with van der Waals surface area (Å²) in [4.78, 5) is 11.4. The lowest BCUT2D eigenvalue weighted by atomic mass is 10.2. The minimum atomic E-state index is -0.867. The summed E-state index contributed by atoms with van der Waals surface area (Å²) in [6.45, 7) is 1.86. The highest BCUT2D eigenvalue weighted by atomic mass is 35.5. The molecular formula is C10H11ClF2N2O. The van der Waals surface area contributed by atoms with Crippen molar-refractivity contribution in [1.29, 1.82) is 0 Å². The smallest absolute Gasteiger partial charge is 0.254 e. The molecule has 1 amide bonds. The third-order valence-corrected chi connectivity index (χ3v) is 2.13. The normalized spacial score (nSPS) is 12.3. The SMILES string of the molecule is CC(N)CNC(=O)c1cc(F)c(Cl)cc1F. The highest BCUT2D eigenvalue weighted by Gasteiger charge is 2.15. The second-order valence-electron chi connectivity index (χ2n) is 3.43. The van der Waals surface area contributed by atoms with Crippen molar-refractivity contribution in [2.45, 2.75) is 13.0 Å². The van der Waals surface area contributed by atoms with Gasteiger partial charge in [-0.3, -0.25) is 4.79 Å². The molecule has 1 unspecified atom stereocenters. The molecule has 0 radical (unpaired) electrons. The van der Waals surface area contributed by atoms with Crippen LogP contribution in [0.2, 0.25) is 5.02 Å². The highest BCUT2D eigenvalue weighted by Crippen LogP contribution is 2.19. The summed E-state index contributed by atoms with van der Waals surface area (Å²) in [5, 5.41) is 2.01. The van der Waals surface area contributed by atoms with Crippen LogP contribution in [0, 0.1) is 11.6 Å². The van der Waals surface area contributed by atoms with Gasteiger partial charge in [-0.15, -0.1) is 0 Å². The number of halogens is 3. The molecule has 0 aliphatic carbocycles. The van der Waals surface area contributed by atoms with E-state index in [1.54, 1.807) is 6.92 Å². The summed E-state index contributed by atoms with van der Waals surface area (Å²) in [6, 6.07) is 1.26. The molecule has 1 atom stereocenters. The largest absolute Gasteiger partial charge is 0.350 e. The zero-order valence-electron chi connectivity index (χ0n) is 8.56. The second-order valence-corrected chi connectivity index (χ2v) is 3.84. The third kappa shape index (κ3) is 3.15. The van der Waals surface area contributed by atoms with Crippen molar-refractivity contribution in [2.24, 2.45) is 5.73 Å². The summed E-state index contributed by atoms with van der Waals surface area (Å²) >= 11 is 5.35. The lowest BCUT2D eigenvalue weighted by molar-refractivity contribution is 0.0947. The summed E-state index contributed by atoms with van der Waals surface area (Å²) in [5.41, 5.74) is 5.02. The molecule has 0 bridgehead atoms. The number of hydrogen-bond acceptors (Lipinski definition) is 2. The molecule has 16 heavy (non-hydrogen) atoms. The van der Waals surface area contributed by atoms with Gasteiger partial charge in [-0.25, -0.2) is 8.78 Å². The van der Waals surface area contributed by atoms with Crippen LogP contribution in [0.3, 0.4) is 0 Å². The molecule has 3 N–H and O–H groups in total. The third-order valence-electron chi connectivity index (χ3n) is 1.84. The molecule has 1 aromatic rings. The first-order valence-electron chi connectivity index (χ1n) is 4.60. The quantitative estimate of drug-likeness (QED) is 0.800. The predicted octanol–water partition coefficient (Wildman–Crippen LogP) is 1.70. The van der Waals surface area contributed by atoms with Crippen molar-refractivity contribution < 1.29 is 13.6 Å². The van der Waals surface area contributed by atoms with Crippen molar-refractivity contribution in [1.82, 2.24) is 5.32 Å². The van der Waals surface area contributed by atoms with Gasteiger partial charge >= 0.3 is 0 Å². The van der Waals surface area contributed by atoms with Crippen LogP contribution >= 0.6 is 11.6 Å². The Kier molecular flexibility index (Phi) is 4.20. The second kappa shape index (κ2) is 5.23. The monoisotopic (exact) mass is 248 g/mol. The predicted molar refractivity (Wildman–Crippen MR) is 57.4 cm³/mol. The topological polar surface area (TPSA) is 55.1 Å². The van der Waals surface area contributed by atoms with Gasteiger partial charge in [-0.2, -0.15) is 0 Å². The summed E-state index contributed by atoms with van der Waals surface area (Å²) in [6.07, 6.45) is 0. The maximum atomic E-state index is 13.3. The standard InChI is InChI=1S/C10H11ClF2N2O/c1-5(14)4-15-10(16)6-2-9(13)7(11)3-8(6)12/h2-3,5H,4,14H2,1H3,(H,15,16). The van der Waals surface area contributed by atoms with Crippen LogP contribution in [0.25, 0.3) is 0 Å². The van der Waals surface area contributed by atoms with Gasteiger partial charge < -0.3 is 11.1 Å². The Balaban J connectivity index is 2.87. The number of nitrogens with two attached hydrogens (primary N) is 1. The molecular weight excluding hydrogens is 238 g/mol. The number of hydrogen-bond donors (Lipinski definition) is 2. The van der Waals surface area contributed by atoms with Gasteiger partial charge in [0.2, 0.25) is 0 Å². The summed E-state index contributed by atoms with van der Waals surface area (Å²) in [7, 11) is 0. The van der Waals surface area contributed by atoms with E-state index in [-0.39, 0.29) is 23.2 Å². The van der Waals surface area contributed by atoms with E-state index in [0.29, 0.717) is 0 Å². The van der Waals surface area contributed by atoms with Crippen LogP contribution in [0.1, 0.15) is 17.3 Å². The van der Waals surface area contributed by atoms with Gasteiger partial charge in [-0.05, 0) is 19.1 Å². The minimum Gasteiger partial charge on any atom is -0.350 e. The van der Waals surface area contributed by atoms with Crippen molar-refractivity contribution in [3.05, 3.63) is 34.4 Å². The lowest BCUT2D eigenvalue weighted by Gasteiger charge is -2.08. The Morgan fingerprint density at radius 3 is 2.69 bits per heavy atom. The number of benzene rings is 1. The van der Waals surface area contributed by atoms with Crippen LogP contribution in [0.15, 0.2) is 12.1 Å².